The number of carbonyl (C=O) groups excluding carboxylic acids is 1. The van der Waals surface area contributed by atoms with Gasteiger partial charge in [-0.05, 0) is 30.7 Å². The average Bonchev–Trinajstić information content (AvgIpc) is 3.65. The molecule has 13 nitrogen and oxygen atoms in total. The molecule has 49 heavy (non-hydrogen) atoms. The Morgan fingerprint density at radius 1 is 0.755 bits per heavy atom. The SMILES string of the molecule is CCC(C(N)=O)c1cnc(-n2c(C(F)(F)F)nc3cc(OC)ccc32)cn1.COc1ccc2c(c1)nc(C(F)(F)F)n2-c1cnc(N)cn1. The second-order valence-corrected chi connectivity index (χ2v) is 10.2. The number of ether oxygens (including phenoxy) is 2. The van der Waals surface area contributed by atoms with Gasteiger partial charge in [0.25, 0.3) is 0 Å². The van der Waals surface area contributed by atoms with Crippen LogP contribution in [0.5, 0.6) is 11.5 Å². The van der Waals surface area contributed by atoms with Crippen LogP contribution in [0.4, 0.5) is 32.2 Å². The maximum atomic E-state index is 13.5. The van der Waals surface area contributed by atoms with Gasteiger partial charge in [-0.1, -0.05) is 6.92 Å². The fourth-order valence-corrected chi connectivity index (χ4v) is 4.85. The van der Waals surface area contributed by atoms with Gasteiger partial charge in [0.1, 0.15) is 17.3 Å². The van der Waals surface area contributed by atoms with Crippen molar-refractivity contribution in [2.24, 2.45) is 5.73 Å². The molecule has 0 aliphatic rings. The van der Waals surface area contributed by atoms with E-state index in [9.17, 15) is 31.1 Å². The summed E-state index contributed by atoms with van der Waals surface area (Å²) in [6.07, 6.45) is -4.17. The molecule has 0 aliphatic heterocycles. The van der Waals surface area contributed by atoms with E-state index in [1.54, 1.807) is 13.0 Å². The van der Waals surface area contributed by atoms with Crippen molar-refractivity contribution in [3.63, 3.8) is 0 Å². The van der Waals surface area contributed by atoms with Gasteiger partial charge in [0.05, 0.1) is 72.7 Å². The molecular formula is C30H26F6N10O3. The standard InChI is InChI=1S/C17H16F3N5O2.C13H10F3N5O/c1-3-10(15(21)26)12-7-23-14(8-22-12)25-13-5-4-9(27-2)6-11(13)24-16(25)17(18,19)20;1-22-7-2-3-9-8(4-7)20-12(13(14,15)16)21(9)11-6-18-10(17)5-19-11/h4-8,10H,3H2,1-2H3,(H2,21,26);2-6H,1H3,(H2,17,18). The molecule has 0 saturated heterocycles. The zero-order valence-electron chi connectivity index (χ0n) is 25.8. The van der Waals surface area contributed by atoms with Gasteiger partial charge in [0.2, 0.25) is 17.6 Å². The summed E-state index contributed by atoms with van der Waals surface area (Å²) in [6.45, 7) is 1.75. The number of nitrogen functional groups attached to an aromatic ring is 1. The first kappa shape index (κ1) is 34.3. The number of anilines is 1. The van der Waals surface area contributed by atoms with E-state index >= 15 is 0 Å². The molecule has 0 bridgehead atoms. The predicted molar refractivity (Wildman–Crippen MR) is 163 cm³/mol. The number of halogens is 6. The summed E-state index contributed by atoms with van der Waals surface area (Å²) in [5.74, 6) is -2.63. The summed E-state index contributed by atoms with van der Waals surface area (Å²) in [4.78, 5) is 34.6. The Morgan fingerprint density at radius 3 is 1.57 bits per heavy atom. The fourth-order valence-electron chi connectivity index (χ4n) is 4.85. The van der Waals surface area contributed by atoms with Crippen LogP contribution in [0, 0.1) is 0 Å². The number of benzene rings is 2. The van der Waals surface area contributed by atoms with Crippen molar-refractivity contribution < 1.29 is 40.6 Å². The summed E-state index contributed by atoms with van der Waals surface area (Å²) in [5, 5.41) is 0. The number of rotatable bonds is 7. The number of alkyl halides is 6. The molecule has 2 aromatic carbocycles. The topological polar surface area (TPSA) is 175 Å². The smallest absolute Gasteiger partial charge is 0.450 e. The van der Waals surface area contributed by atoms with Gasteiger partial charge < -0.3 is 20.9 Å². The van der Waals surface area contributed by atoms with Crippen molar-refractivity contribution in [2.45, 2.75) is 31.6 Å². The van der Waals surface area contributed by atoms with Gasteiger partial charge >= 0.3 is 12.4 Å². The third-order valence-electron chi connectivity index (χ3n) is 7.11. The summed E-state index contributed by atoms with van der Waals surface area (Å²) in [6, 6.07) is 8.85. The number of methoxy groups -OCH3 is 2. The molecule has 19 heteroatoms. The van der Waals surface area contributed by atoms with Gasteiger partial charge in [0, 0.05) is 12.1 Å². The lowest BCUT2D eigenvalue weighted by atomic mass is 10.0. The first-order chi connectivity index (χ1) is 23.2. The molecule has 1 unspecified atom stereocenters. The zero-order chi connectivity index (χ0) is 35.7. The molecule has 0 saturated carbocycles. The number of hydrogen-bond donors (Lipinski definition) is 2. The number of imidazole rings is 2. The van der Waals surface area contributed by atoms with Crippen LogP contribution >= 0.6 is 0 Å². The number of nitrogens with zero attached hydrogens (tertiary/aromatic N) is 8. The van der Waals surface area contributed by atoms with Crippen LogP contribution in [-0.4, -0.2) is 59.2 Å². The van der Waals surface area contributed by atoms with Crippen LogP contribution in [-0.2, 0) is 17.1 Å². The number of carbonyl (C=O) groups is 1. The van der Waals surface area contributed by atoms with E-state index in [-0.39, 0.29) is 39.5 Å². The first-order valence-electron chi connectivity index (χ1n) is 14.1. The summed E-state index contributed by atoms with van der Waals surface area (Å²) in [7, 11) is 2.84. The minimum Gasteiger partial charge on any atom is -0.497 e. The predicted octanol–water partition coefficient (Wildman–Crippen LogP) is 5.25. The molecule has 1 amide bonds. The van der Waals surface area contributed by atoms with E-state index in [1.807, 2.05) is 0 Å². The normalized spacial score (nSPS) is 12.4. The van der Waals surface area contributed by atoms with Crippen molar-refractivity contribution >= 4 is 33.8 Å². The Kier molecular flexibility index (Phi) is 9.28. The van der Waals surface area contributed by atoms with Crippen LogP contribution < -0.4 is 20.9 Å². The lowest BCUT2D eigenvalue weighted by molar-refractivity contribution is -0.146. The van der Waals surface area contributed by atoms with Crippen LogP contribution in [0.3, 0.4) is 0 Å². The van der Waals surface area contributed by atoms with Gasteiger partial charge in [-0.15, -0.1) is 0 Å². The lowest BCUT2D eigenvalue weighted by Crippen LogP contribution is -2.22. The Bertz CT molecular complexity index is 2110. The zero-order valence-corrected chi connectivity index (χ0v) is 25.8. The van der Waals surface area contributed by atoms with E-state index < -0.39 is 35.8 Å². The Hall–Kier alpha value is -6.01. The van der Waals surface area contributed by atoms with Crippen molar-refractivity contribution in [1.29, 1.82) is 0 Å². The highest BCUT2D eigenvalue weighted by Gasteiger charge is 2.39. The molecule has 0 spiro atoms. The highest BCUT2D eigenvalue weighted by Crippen LogP contribution is 2.36. The highest BCUT2D eigenvalue weighted by molar-refractivity contribution is 5.82. The number of hydrogen-bond acceptors (Lipinski definition) is 10. The molecule has 0 fully saturated rings. The van der Waals surface area contributed by atoms with Crippen LogP contribution in [0.1, 0.15) is 36.6 Å². The number of aromatic nitrogens is 8. The van der Waals surface area contributed by atoms with Gasteiger partial charge in [-0.25, -0.2) is 24.9 Å². The number of nitrogens with two attached hydrogens (primary N) is 2. The quantitative estimate of drug-likeness (QED) is 0.211. The van der Waals surface area contributed by atoms with Gasteiger partial charge in [-0.3, -0.25) is 18.9 Å². The Balaban J connectivity index is 0.000000195. The summed E-state index contributed by atoms with van der Waals surface area (Å²) in [5.41, 5.74) is 11.7. The third kappa shape index (κ3) is 6.99. The van der Waals surface area contributed by atoms with Crippen LogP contribution in [0.2, 0.25) is 0 Å². The fraction of sp³-hybridized carbons (Fsp3) is 0.233. The van der Waals surface area contributed by atoms with Crippen molar-refractivity contribution in [1.82, 2.24) is 39.0 Å². The average molecular weight is 689 g/mol. The second kappa shape index (κ2) is 13.2. The van der Waals surface area contributed by atoms with Crippen LogP contribution in [0.25, 0.3) is 33.7 Å². The van der Waals surface area contributed by atoms with E-state index in [1.165, 1.54) is 63.1 Å². The molecule has 1 atom stereocenters. The maximum absolute atomic E-state index is 13.5. The number of fused-ring (bicyclic) bond motifs is 2. The molecular weight excluding hydrogens is 662 g/mol. The Labute approximate surface area is 272 Å². The molecule has 0 radical (unpaired) electrons. The highest BCUT2D eigenvalue weighted by atomic mass is 19.4. The summed E-state index contributed by atoms with van der Waals surface area (Å²) < 4.78 is 92.0. The molecule has 4 heterocycles. The van der Waals surface area contributed by atoms with Gasteiger partial charge in [-0.2, -0.15) is 26.3 Å². The molecule has 4 N–H and O–H groups in total. The van der Waals surface area contributed by atoms with E-state index in [0.29, 0.717) is 23.6 Å². The minimum absolute atomic E-state index is 0.0193. The maximum Gasteiger partial charge on any atom is 0.450 e. The van der Waals surface area contributed by atoms with Crippen molar-refractivity contribution in [3.8, 4) is 23.1 Å². The number of amides is 1. The molecule has 4 aromatic heterocycles. The van der Waals surface area contributed by atoms with Crippen molar-refractivity contribution in [2.75, 3.05) is 20.0 Å². The van der Waals surface area contributed by atoms with Crippen LogP contribution in [0.15, 0.2) is 61.2 Å². The molecule has 6 rings (SSSR count). The van der Waals surface area contributed by atoms with Gasteiger partial charge in [0.15, 0.2) is 11.6 Å². The Morgan fingerprint density at radius 2 is 1.22 bits per heavy atom. The largest absolute Gasteiger partial charge is 0.497 e. The molecule has 6 aromatic rings. The third-order valence-corrected chi connectivity index (χ3v) is 7.11. The minimum atomic E-state index is -4.70. The first-order valence-corrected chi connectivity index (χ1v) is 14.1. The monoisotopic (exact) mass is 688 g/mol. The molecule has 0 aliphatic carbocycles. The van der Waals surface area contributed by atoms with E-state index in [0.717, 1.165) is 15.3 Å². The second-order valence-electron chi connectivity index (χ2n) is 10.2. The number of primary amides is 1. The van der Waals surface area contributed by atoms with E-state index in [2.05, 4.69) is 29.9 Å². The summed E-state index contributed by atoms with van der Waals surface area (Å²) >= 11 is 0. The van der Waals surface area contributed by atoms with E-state index in [4.69, 9.17) is 20.9 Å². The lowest BCUT2D eigenvalue weighted by Gasteiger charge is -2.13. The van der Waals surface area contributed by atoms with Crippen molar-refractivity contribution in [3.05, 3.63) is 78.5 Å². The molecule has 256 valence electrons.